The van der Waals surface area contributed by atoms with Crippen molar-refractivity contribution < 1.29 is 0 Å². The summed E-state index contributed by atoms with van der Waals surface area (Å²) >= 11 is 0. The Morgan fingerprint density at radius 3 is 1.38 bits per heavy atom. The molecule has 0 fully saturated rings. The van der Waals surface area contributed by atoms with Crippen molar-refractivity contribution in [2.24, 2.45) is 0 Å². The summed E-state index contributed by atoms with van der Waals surface area (Å²) in [7, 11) is 0. The van der Waals surface area contributed by atoms with Gasteiger partial charge in [0.25, 0.3) is 0 Å². The Labute approximate surface area is 333 Å². The first kappa shape index (κ1) is 32.4. The van der Waals surface area contributed by atoms with Gasteiger partial charge in [-0.05, 0) is 98.0 Å². The van der Waals surface area contributed by atoms with Crippen LogP contribution in [0.3, 0.4) is 0 Å². The first-order valence-corrected chi connectivity index (χ1v) is 19.6. The molecule has 12 aromatic rings. The van der Waals surface area contributed by atoms with Crippen molar-refractivity contribution in [3.63, 3.8) is 0 Å². The van der Waals surface area contributed by atoms with E-state index in [1.807, 2.05) is 12.3 Å². The summed E-state index contributed by atoms with van der Waals surface area (Å²) in [5.74, 6) is 0. The van der Waals surface area contributed by atoms with Crippen molar-refractivity contribution in [1.82, 2.24) is 19.9 Å². The molecule has 0 aliphatic carbocycles. The summed E-state index contributed by atoms with van der Waals surface area (Å²) in [4.78, 5) is 20.4. The first-order chi connectivity index (χ1) is 28.7. The lowest BCUT2D eigenvalue weighted by Gasteiger charge is -2.17. The molecule has 0 radical (unpaired) electrons. The zero-order valence-electron chi connectivity index (χ0n) is 31.3. The Morgan fingerprint density at radius 2 is 0.724 bits per heavy atom. The summed E-state index contributed by atoms with van der Waals surface area (Å²) in [5.41, 5.74) is 12.3. The fraction of sp³-hybridized carbons (Fsp3) is 0. The van der Waals surface area contributed by atoms with Gasteiger partial charge in [-0.25, -0.2) is 15.0 Å². The second-order valence-corrected chi connectivity index (χ2v) is 15.0. The summed E-state index contributed by atoms with van der Waals surface area (Å²) < 4.78 is 0. The average molecular weight is 737 g/mol. The predicted octanol–water partition coefficient (Wildman–Crippen LogP) is 14.0. The monoisotopic (exact) mass is 736 g/mol. The highest BCUT2D eigenvalue weighted by Gasteiger charge is 2.19. The highest BCUT2D eigenvalue weighted by molar-refractivity contribution is 6.21. The Morgan fingerprint density at radius 1 is 0.276 bits per heavy atom. The Balaban J connectivity index is 0.938. The van der Waals surface area contributed by atoms with Crippen LogP contribution in [0.2, 0.25) is 0 Å². The van der Waals surface area contributed by atoms with Crippen molar-refractivity contribution in [2.75, 3.05) is 0 Å². The molecule has 12 rings (SSSR count). The lowest BCUT2D eigenvalue weighted by molar-refractivity contribution is 1.38. The molecule has 0 atom stereocenters. The van der Waals surface area contributed by atoms with Crippen LogP contribution >= 0.6 is 0 Å². The number of hydrogen-bond acceptors (Lipinski definition) is 4. The van der Waals surface area contributed by atoms with Gasteiger partial charge in [0, 0.05) is 44.4 Å². The number of benzene rings is 8. The maximum Gasteiger partial charge on any atom is 0.0972 e. The quantitative estimate of drug-likeness (QED) is 0.133. The summed E-state index contributed by atoms with van der Waals surface area (Å²) in [5, 5.41) is 11.4. The number of aromatic nitrogens is 4. The topological polar surface area (TPSA) is 51.6 Å². The Bertz CT molecular complexity index is 3590. The van der Waals surface area contributed by atoms with Crippen LogP contribution in [0, 0.1) is 0 Å². The number of nitrogens with zero attached hydrogens (tertiary/aromatic N) is 4. The minimum Gasteiger partial charge on any atom is -0.254 e. The van der Waals surface area contributed by atoms with Crippen molar-refractivity contribution in [3.05, 3.63) is 194 Å². The molecule has 4 aromatic heterocycles. The average Bonchev–Trinajstić information content (AvgIpc) is 3.29. The number of fused-ring (bicyclic) bond motifs is 8. The SMILES string of the molecule is c1ccc2cc(-c3ccc4cc(-c5ccc6nc(-c7c8ccccc8c(-c8ccc9ccc%10cccnc%10c9n8)c8ccccc78)ccc6c5)ccc4n3)ccc2c1. The van der Waals surface area contributed by atoms with E-state index in [4.69, 9.17) is 19.9 Å². The molecular weight excluding hydrogens is 705 g/mol. The summed E-state index contributed by atoms with van der Waals surface area (Å²) in [6, 6.07) is 66.7. The fourth-order valence-corrected chi connectivity index (χ4v) is 8.80. The molecule has 8 aromatic carbocycles. The van der Waals surface area contributed by atoms with Gasteiger partial charge in [-0.2, -0.15) is 0 Å². The van der Waals surface area contributed by atoms with Crippen LogP contribution in [-0.2, 0) is 0 Å². The molecule has 4 nitrogen and oxygen atoms in total. The minimum absolute atomic E-state index is 0.912. The van der Waals surface area contributed by atoms with Crippen LogP contribution in [0.1, 0.15) is 0 Å². The smallest absolute Gasteiger partial charge is 0.0972 e. The van der Waals surface area contributed by atoms with E-state index in [9.17, 15) is 0 Å². The molecular formula is C54H32N4. The van der Waals surface area contributed by atoms with Gasteiger partial charge in [0.05, 0.1) is 39.1 Å². The van der Waals surface area contributed by atoms with Crippen LogP contribution in [-0.4, -0.2) is 19.9 Å². The molecule has 0 aliphatic heterocycles. The van der Waals surface area contributed by atoms with E-state index in [2.05, 4.69) is 182 Å². The van der Waals surface area contributed by atoms with Crippen molar-refractivity contribution in [3.8, 4) is 44.9 Å². The standard InChI is InChI=1S/C54H32N4/c1-2-9-36-30-39(18-15-33(36)8-1)47-26-22-40-31-37(20-24-46(40)56-47)38-21-25-48-41(32-38)23-28-49(57-48)51-42-11-3-5-13-44(42)52(45-14-6-4-12-43(45)51)50-27-19-35-17-16-34-10-7-29-55-53(34)54(35)58-50/h1-32H. The third-order valence-corrected chi connectivity index (χ3v) is 11.6. The van der Waals surface area contributed by atoms with Crippen molar-refractivity contribution in [2.45, 2.75) is 0 Å². The van der Waals surface area contributed by atoms with Gasteiger partial charge < -0.3 is 0 Å². The zero-order chi connectivity index (χ0) is 38.2. The van der Waals surface area contributed by atoms with Gasteiger partial charge in [0.1, 0.15) is 0 Å². The van der Waals surface area contributed by atoms with E-state index >= 15 is 0 Å². The molecule has 0 saturated heterocycles. The second kappa shape index (κ2) is 12.9. The van der Waals surface area contributed by atoms with Crippen LogP contribution in [0.25, 0.3) is 121 Å². The summed E-state index contributed by atoms with van der Waals surface area (Å²) in [6.07, 6.45) is 1.84. The van der Waals surface area contributed by atoms with Gasteiger partial charge >= 0.3 is 0 Å². The van der Waals surface area contributed by atoms with E-state index in [-0.39, 0.29) is 0 Å². The van der Waals surface area contributed by atoms with Gasteiger partial charge in [0.2, 0.25) is 0 Å². The third kappa shape index (κ3) is 5.23. The van der Waals surface area contributed by atoms with E-state index in [0.717, 1.165) is 110 Å². The lowest BCUT2D eigenvalue weighted by Crippen LogP contribution is -1.95. The van der Waals surface area contributed by atoms with Crippen LogP contribution in [0.15, 0.2) is 194 Å². The molecule has 0 aliphatic rings. The van der Waals surface area contributed by atoms with Gasteiger partial charge in [-0.15, -0.1) is 0 Å². The van der Waals surface area contributed by atoms with Crippen LogP contribution in [0.4, 0.5) is 0 Å². The molecule has 0 spiro atoms. The molecule has 4 heterocycles. The van der Waals surface area contributed by atoms with Crippen LogP contribution < -0.4 is 0 Å². The van der Waals surface area contributed by atoms with E-state index in [1.54, 1.807) is 0 Å². The zero-order valence-corrected chi connectivity index (χ0v) is 31.3. The normalized spacial score (nSPS) is 11.8. The molecule has 58 heavy (non-hydrogen) atoms. The fourth-order valence-electron chi connectivity index (χ4n) is 8.80. The van der Waals surface area contributed by atoms with Gasteiger partial charge in [-0.3, -0.25) is 4.98 Å². The van der Waals surface area contributed by atoms with Gasteiger partial charge in [-0.1, -0.05) is 133 Å². The first-order valence-electron chi connectivity index (χ1n) is 19.6. The molecule has 0 amide bonds. The number of hydrogen-bond donors (Lipinski definition) is 0. The Kier molecular flexibility index (Phi) is 7.20. The van der Waals surface area contributed by atoms with Crippen LogP contribution in [0.5, 0.6) is 0 Å². The lowest BCUT2D eigenvalue weighted by atomic mass is 9.88. The largest absolute Gasteiger partial charge is 0.254 e. The molecule has 0 saturated carbocycles. The molecule has 0 bridgehead atoms. The maximum atomic E-state index is 5.33. The number of rotatable bonds is 4. The number of pyridine rings is 4. The second-order valence-electron chi connectivity index (χ2n) is 15.0. The highest BCUT2D eigenvalue weighted by atomic mass is 14.8. The highest BCUT2D eigenvalue weighted by Crippen LogP contribution is 2.43. The van der Waals surface area contributed by atoms with E-state index in [1.165, 1.54) is 10.8 Å². The van der Waals surface area contributed by atoms with Gasteiger partial charge in [0.15, 0.2) is 0 Å². The molecule has 4 heteroatoms. The van der Waals surface area contributed by atoms with Crippen molar-refractivity contribution in [1.29, 1.82) is 0 Å². The minimum atomic E-state index is 0.912. The van der Waals surface area contributed by atoms with E-state index in [0.29, 0.717) is 0 Å². The third-order valence-electron chi connectivity index (χ3n) is 11.6. The molecule has 268 valence electrons. The predicted molar refractivity (Wildman–Crippen MR) is 242 cm³/mol. The summed E-state index contributed by atoms with van der Waals surface area (Å²) in [6.45, 7) is 0. The Hall–Kier alpha value is -7.82. The molecule has 0 N–H and O–H groups in total. The van der Waals surface area contributed by atoms with E-state index < -0.39 is 0 Å². The maximum absolute atomic E-state index is 5.33. The van der Waals surface area contributed by atoms with Crippen molar-refractivity contribution >= 4 is 75.9 Å². The molecule has 0 unspecified atom stereocenters.